The van der Waals surface area contributed by atoms with E-state index in [0.29, 0.717) is 12.0 Å². The number of halogens is 1. The van der Waals surface area contributed by atoms with Crippen molar-refractivity contribution in [1.29, 1.82) is 0 Å². The van der Waals surface area contributed by atoms with Gasteiger partial charge in [-0.05, 0) is 29.7 Å². The van der Waals surface area contributed by atoms with Gasteiger partial charge in [0.15, 0.2) is 0 Å². The van der Waals surface area contributed by atoms with Crippen molar-refractivity contribution in [2.45, 2.75) is 17.8 Å². The number of fused-ring (bicyclic) bond motifs is 1. The fourth-order valence-corrected chi connectivity index (χ4v) is 3.37. The number of benzene rings is 2. The molecule has 1 aliphatic rings. The second-order valence-corrected chi connectivity index (χ2v) is 5.93. The summed E-state index contributed by atoms with van der Waals surface area (Å²) in [5.41, 5.74) is 2.64. The molecule has 3 rings (SSSR count). The lowest BCUT2D eigenvalue weighted by Crippen LogP contribution is -2.46. The first-order chi connectivity index (χ1) is 10.7. The topological polar surface area (TPSA) is 46.2 Å². The molecule has 0 saturated carbocycles. The van der Waals surface area contributed by atoms with Crippen LogP contribution in [0.1, 0.15) is 26.9 Å². The van der Waals surface area contributed by atoms with E-state index in [9.17, 15) is 9.59 Å². The zero-order chi connectivity index (χ0) is 15.5. The van der Waals surface area contributed by atoms with Gasteiger partial charge in [-0.25, -0.2) is 0 Å². The molecule has 0 saturated heterocycles. The zero-order valence-corrected chi connectivity index (χ0v) is 12.7. The van der Waals surface area contributed by atoms with Gasteiger partial charge in [0.25, 0.3) is 5.91 Å². The van der Waals surface area contributed by atoms with Gasteiger partial charge in [-0.1, -0.05) is 42.5 Å². The van der Waals surface area contributed by atoms with E-state index in [2.05, 4.69) is 5.32 Å². The molecule has 0 heterocycles. The van der Waals surface area contributed by atoms with Crippen molar-refractivity contribution in [3.8, 4) is 0 Å². The number of carbonyl (C=O) groups is 2. The Morgan fingerprint density at radius 2 is 1.77 bits per heavy atom. The number of alkyl halides is 1. The lowest BCUT2D eigenvalue weighted by Gasteiger charge is -2.34. The number of aldehydes is 1. The summed E-state index contributed by atoms with van der Waals surface area (Å²) in [6.07, 6.45) is 1.46. The van der Waals surface area contributed by atoms with Crippen LogP contribution in [0.15, 0.2) is 54.6 Å². The van der Waals surface area contributed by atoms with Gasteiger partial charge < -0.3 is 10.1 Å². The van der Waals surface area contributed by atoms with Crippen LogP contribution >= 0.6 is 11.6 Å². The summed E-state index contributed by atoms with van der Waals surface area (Å²) in [6.45, 7) is 0. The van der Waals surface area contributed by atoms with Crippen molar-refractivity contribution in [2.75, 3.05) is 0 Å². The fourth-order valence-electron chi connectivity index (χ4n) is 2.93. The highest BCUT2D eigenvalue weighted by atomic mass is 35.5. The van der Waals surface area contributed by atoms with Gasteiger partial charge in [0.2, 0.25) is 0 Å². The van der Waals surface area contributed by atoms with E-state index >= 15 is 0 Å². The fraction of sp³-hybridized carbons (Fsp3) is 0.222. The highest BCUT2D eigenvalue weighted by Gasteiger charge is 2.36. The van der Waals surface area contributed by atoms with Crippen LogP contribution in [-0.2, 0) is 11.2 Å². The molecule has 3 atom stereocenters. The average molecular weight is 314 g/mol. The summed E-state index contributed by atoms with van der Waals surface area (Å²) in [7, 11) is 0. The molecule has 0 unspecified atom stereocenters. The molecule has 0 fully saturated rings. The molecular weight excluding hydrogens is 298 g/mol. The van der Waals surface area contributed by atoms with Crippen molar-refractivity contribution in [3.63, 3.8) is 0 Å². The third-order valence-corrected chi connectivity index (χ3v) is 4.63. The van der Waals surface area contributed by atoms with Crippen molar-refractivity contribution >= 4 is 23.8 Å². The summed E-state index contributed by atoms with van der Waals surface area (Å²) in [5.74, 6) is -0.607. The molecule has 4 heteroatoms. The lowest BCUT2D eigenvalue weighted by atomic mass is 9.80. The smallest absolute Gasteiger partial charge is 0.251 e. The van der Waals surface area contributed by atoms with Crippen LogP contribution in [0.3, 0.4) is 0 Å². The number of hydrogen-bond donors (Lipinski definition) is 1. The average Bonchev–Trinajstić information content (AvgIpc) is 2.56. The molecule has 112 valence electrons. The van der Waals surface area contributed by atoms with Gasteiger partial charge in [-0.3, -0.25) is 4.79 Å². The maximum Gasteiger partial charge on any atom is 0.251 e. The maximum absolute atomic E-state index is 12.3. The molecule has 1 amide bonds. The second-order valence-electron chi connectivity index (χ2n) is 5.46. The monoisotopic (exact) mass is 313 g/mol. The van der Waals surface area contributed by atoms with Crippen molar-refractivity contribution in [2.24, 2.45) is 5.92 Å². The van der Waals surface area contributed by atoms with Gasteiger partial charge >= 0.3 is 0 Å². The third-order valence-electron chi connectivity index (χ3n) is 4.10. The standard InChI is InChI=1S/C18H16ClNO2/c19-17-14-9-5-4-8-13(14)10-16(15(17)11-21)20-18(22)12-6-2-1-3-7-12/h1-9,11,15-17H,10H2,(H,20,22)/t15-,16-,17+/m1/s1. The van der Waals surface area contributed by atoms with E-state index < -0.39 is 11.3 Å². The zero-order valence-electron chi connectivity index (χ0n) is 11.9. The lowest BCUT2D eigenvalue weighted by molar-refractivity contribution is -0.112. The van der Waals surface area contributed by atoms with Gasteiger partial charge in [0, 0.05) is 11.6 Å². The molecule has 2 aromatic carbocycles. The first-order valence-electron chi connectivity index (χ1n) is 7.24. The van der Waals surface area contributed by atoms with Crippen molar-refractivity contribution < 1.29 is 9.59 Å². The Balaban J connectivity index is 1.84. The Bertz CT molecular complexity index is 686. The van der Waals surface area contributed by atoms with Crippen LogP contribution in [-0.4, -0.2) is 18.2 Å². The normalized spacial score (nSPS) is 23.4. The molecule has 0 aliphatic heterocycles. The van der Waals surface area contributed by atoms with Crippen LogP contribution in [0.5, 0.6) is 0 Å². The van der Waals surface area contributed by atoms with Gasteiger partial charge in [0.05, 0.1) is 11.3 Å². The minimum Gasteiger partial charge on any atom is -0.348 e. The number of carbonyl (C=O) groups excluding carboxylic acids is 2. The Morgan fingerprint density at radius 1 is 1.09 bits per heavy atom. The summed E-state index contributed by atoms with van der Waals surface area (Å²) in [4.78, 5) is 23.8. The molecule has 0 bridgehead atoms. The first-order valence-corrected chi connectivity index (χ1v) is 7.67. The molecule has 3 nitrogen and oxygen atoms in total. The van der Waals surface area contributed by atoms with Crippen LogP contribution in [0.4, 0.5) is 0 Å². The van der Waals surface area contributed by atoms with E-state index in [1.165, 1.54) is 0 Å². The number of amides is 1. The Kier molecular flexibility index (Phi) is 4.25. The van der Waals surface area contributed by atoms with Crippen LogP contribution in [0.2, 0.25) is 0 Å². The molecule has 1 aliphatic carbocycles. The van der Waals surface area contributed by atoms with E-state index in [0.717, 1.165) is 17.4 Å². The molecule has 2 aromatic rings. The predicted octanol–water partition coefficient (Wildman–Crippen LogP) is 3.14. The maximum atomic E-state index is 12.3. The molecule has 22 heavy (non-hydrogen) atoms. The van der Waals surface area contributed by atoms with E-state index in [1.807, 2.05) is 42.5 Å². The molecule has 0 aromatic heterocycles. The van der Waals surface area contributed by atoms with Crippen LogP contribution in [0, 0.1) is 5.92 Å². The molecule has 1 N–H and O–H groups in total. The Hall–Kier alpha value is -2.13. The van der Waals surface area contributed by atoms with Crippen molar-refractivity contribution in [1.82, 2.24) is 5.32 Å². The van der Waals surface area contributed by atoms with Gasteiger partial charge in [-0.2, -0.15) is 0 Å². The highest BCUT2D eigenvalue weighted by Crippen LogP contribution is 2.38. The minimum atomic E-state index is -0.427. The minimum absolute atomic E-state index is 0.180. The Labute approximate surface area is 134 Å². The molecular formula is C18H16ClNO2. The summed E-state index contributed by atoms with van der Waals surface area (Å²) >= 11 is 6.45. The summed E-state index contributed by atoms with van der Waals surface area (Å²) in [5, 5.41) is 2.54. The van der Waals surface area contributed by atoms with Crippen LogP contribution < -0.4 is 5.32 Å². The van der Waals surface area contributed by atoms with Crippen molar-refractivity contribution in [3.05, 3.63) is 71.3 Å². The second kappa shape index (κ2) is 6.32. The van der Waals surface area contributed by atoms with Gasteiger partial charge in [0.1, 0.15) is 6.29 Å². The largest absolute Gasteiger partial charge is 0.348 e. The molecule has 0 spiro atoms. The number of nitrogens with one attached hydrogen (secondary N) is 1. The van der Waals surface area contributed by atoms with Crippen LogP contribution in [0.25, 0.3) is 0 Å². The van der Waals surface area contributed by atoms with E-state index in [1.54, 1.807) is 12.1 Å². The first kappa shape index (κ1) is 14.8. The molecule has 0 radical (unpaired) electrons. The summed E-state index contributed by atoms with van der Waals surface area (Å²) in [6, 6.07) is 16.5. The summed E-state index contributed by atoms with van der Waals surface area (Å²) < 4.78 is 0. The van der Waals surface area contributed by atoms with Gasteiger partial charge in [-0.15, -0.1) is 11.6 Å². The van der Waals surface area contributed by atoms with E-state index in [4.69, 9.17) is 11.6 Å². The number of rotatable bonds is 3. The third kappa shape index (κ3) is 2.77. The number of hydrogen-bond acceptors (Lipinski definition) is 2. The predicted molar refractivity (Wildman–Crippen MR) is 86.0 cm³/mol. The SMILES string of the molecule is O=C[C@@H]1[C@H](NC(=O)c2ccccc2)Cc2ccccc2[C@@H]1Cl. The Morgan fingerprint density at radius 3 is 2.50 bits per heavy atom. The van der Waals surface area contributed by atoms with E-state index in [-0.39, 0.29) is 11.9 Å². The highest BCUT2D eigenvalue weighted by molar-refractivity contribution is 6.22. The quantitative estimate of drug-likeness (QED) is 0.699.